The van der Waals surface area contributed by atoms with Crippen molar-refractivity contribution < 1.29 is 0 Å². The normalized spacial score (nSPS) is 10.6. The van der Waals surface area contributed by atoms with Crippen LogP contribution in [0.4, 0.5) is 0 Å². The number of H-pyrrole nitrogens is 1. The molecule has 5 heteroatoms. The van der Waals surface area contributed by atoms with Crippen molar-refractivity contribution >= 4 is 0 Å². The van der Waals surface area contributed by atoms with Crippen LogP contribution >= 0.6 is 0 Å². The molecule has 0 aliphatic rings. The maximum atomic E-state index is 3.88. The van der Waals surface area contributed by atoms with E-state index in [2.05, 4.69) is 58.0 Å². The van der Waals surface area contributed by atoms with Crippen LogP contribution in [0.3, 0.4) is 0 Å². The van der Waals surface area contributed by atoms with Gasteiger partial charge in [-0.15, -0.1) is 10.2 Å². The van der Waals surface area contributed by atoms with E-state index in [9.17, 15) is 0 Å². The molecule has 2 rings (SSSR count). The molecular formula is C11H15N5. The largest absolute Gasteiger partial charge is 0.306 e. The molecule has 2 aromatic rings. The number of rotatable bonds is 4. The van der Waals surface area contributed by atoms with Gasteiger partial charge in [0, 0.05) is 6.54 Å². The van der Waals surface area contributed by atoms with Crippen molar-refractivity contribution in [3.63, 3.8) is 0 Å². The van der Waals surface area contributed by atoms with Crippen LogP contribution < -0.4 is 5.32 Å². The van der Waals surface area contributed by atoms with E-state index in [1.165, 1.54) is 16.7 Å². The molecule has 84 valence electrons. The molecule has 0 bridgehead atoms. The van der Waals surface area contributed by atoms with Crippen molar-refractivity contribution in [3.8, 4) is 0 Å². The molecule has 0 saturated heterocycles. The van der Waals surface area contributed by atoms with Crippen LogP contribution in [0.2, 0.25) is 0 Å². The highest BCUT2D eigenvalue weighted by atomic mass is 15.5. The molecule has 2 N–H and O–H groups in total. The number of benzene rings is 1. The van der Waals surface area contributed by atoms with E-state index in [1.807, 2.05) is 0 Å². The first-order chi connectivity index (χ1) is 7.77. The molecule has 1 heterocycles. The summed E-state index contributed by atoms with van der Waals surface area (Å²) in [5, 5.41) is 17.0. The van der Waals surface area contributed by atoms with E-state index >= 15 is 0 Å². The van der Waals surface area contributed by atoms with Gasteiger partial charge < -0.3 is 5.32 Å². The summed E-state index contributed by atoms with van der Waals surface area (Å²) >= 11 is 0. The maximum absolute atomic E-state index is 3.88. The van der Waals surface area contributed by atoms with Crippen LogP contribution in [0.25, 0.3) is 0 Å². The quantitative estimate of drug-likeness (QED) is 0.805. The molecule has 5 nitrogen and oxygen atoms in total. The van der Waals surface area contributed by atoms with Crippen LogP contribution in [0.15, 0.2) is 18.2 Å². The minimum atomic E-state index is 0.629. The molecule has 0 atom stereocenters. The molecule has 0 saturated carbocycles. The number of aromatic amines is 1. The highest BCUT2D eigenvalue weighted by Gasteiger charge is 2.02. The predicted octanol–water partition coefficient (Wildman–Crippen LogP) is 1.11. The second-order valence-corrected chi connectivity index (χ2v) is 3.80. The summed E-state index contributed by atoms with van der Waals surface area (Å²) in [6.45, 7) is 5.70. The van der Waals surface area contributed by atoms with Crippen molar-refractivity contribution in [2.75, 3.05) is 0 Å². The Balaban J connectivity index is 1.95. The number of nitrogens with zero attached hydrogens (tertiary/aromatic N) is 3. The Kier molecular flexibility index (Phi) is 3.26. The van der Waals surface area contributed by atoms with Gasteiger partial charge in [0.15, 0.2) is 5.82 Å². The lowest BCUT2D eigenvalue weighted by atomic mass is 10.0. The van der Waals surface area contributed by atoms with Crippen molar-refractivity contribution in [1.82, 2.24) is 25.9 Å². The molecule has 0 amide bonds. The van der Waals surface area contributed by atoms with E-state index in [0.29, 0.717) is 12.4 Å². The summed E-state index contributed by atoms with van der Waals surface area (Å²) in [4.78, 5) is 0. The minimum absolute atomic E-state index is 0.629. The predicted molar refractivity (Wildman–Crippen MR) is 60.6 cm³/mol. The first-order valence-electron chi connectivity index (χ1n) is 5.25. The second kappa shape index (κ2) is 4.85. The second-order valence-electron chi connectivity index (χ2n) is 3.80. The van der Waals surface area contributed by atoms with E-state index in [4.69, 9.17) is 0 Å². The summed E-state index contributed by atoms with van der Waals surface area (Å²) in [6, 6.07) is 6.32. The third-order valence-corrected chi connectivity index (χ3v) is 2.62. The monoisotopic (exact) mass is 217 g/mol. The van der Waals surface area contributed by atoms with Gasteiger partial charge in [-0.05, 0) is 30.5 Å². The highest BCUT2D eigenvalue weighted by molar-refractivity contribution is 5.33. The van der Waals surface area contributed by atoms with Gasteiger partial charge in [0.1, 0.15) is 0 Å². The minimum Gasteiger partial charge on any atom is -0.306 e. The van der Waals surface area contributed by atoms with Gasteiger partial charge in [-0.25, -0.2) is 0 Å². The molecule has 1 aromatic heterocycles. The zero-order valence-electron chi connectivity index (χ0n) is 9.49. The van der Waals surface area contributed by atoms with Crippen LogP contribution in [0.5, 0.6) is 0 Å². The summed E-state index contributed by atoms with van der Waals surface area (Å²) in [5.74, 6) is 0.686. The van der Waals surface area contributed by atoms with E-state index < -0.39 is 0 Å². The van der Waals surface area contributed by atoms with Gasteiger partial charge in [0.2, 0.25) is 0 Å². The number of hydrogen-bond donors (Lipinski definition) is 2. The van der Waals surface area contributed by atoms with Gasteiger partial charge in [0.25, 0.3) is 0 Å². The molecule has 1 aromatic carbocycles. The highest BCUT2D eigenvalue weighted by Crippen LogP contribution is 2.12. The fourth-order valence-corrected chi connectivity index (χ4v) is 1.68. The summed E-state index contributed by atoms with van der Waals surface area (Å²) in [5.41, 5.74) is 3.95. The van der Waals surface area contributed by atoms with Crippen LogP contribution in [-0.2, 0) is 13.1 Å². The average molecular weight is 217 g/mol. The number of aromatic nitrogens is 4. The Bertz CT molecular complexity index is 429. The topological polar surface area (TPSA) is 66.5 Å². The fourth-order valence-electron chi connectivity index (χ4n) is 1.68. The first-order valence-corrected chi connectivity index (χ1v) is 5.25. The van der Waals surface area contributed by atoms with Crippen molar-refractivity contribution in [2.45, 2.75) is 26.9 Å². The summed E-state index contributed by atoms with van der Waals surface area (Å²) in [6.07, 6.45) is 0. The molecule has 0 spiro atoms. The molecule has 0 fully saturated rings. The Morgan fingerprint density at radius 3 is 2.56 bits per heavy atom. The standard InChI is InChI=1S/C11H15N5/c1-8-4-3-5-9(2)10(8)6-12-7-11-13-15-16-14-11/h3-5,12H,6-7H2,1-2H3,(H,13,14,15,16). The maximum Gasteiger partial charge on any atom is 0.188 e. The van der Waals surface area contributed by atoms with Crippen molar-refractivity contribution in [2.24, 2.45) is 0 Å². The number of tetrazole rings is 1. The molecule has 16 heavy (non-hydrogen) atoms. The van der Waals surface area contributed by atoms with Gasteiger partial charge in [0.05, 0.1) is 6.54 Å². The first kappa shape index (κ1) is 10.8. The van der Waals surface area contributed by atoms with Gasteiger partial charge in [-0.3, -0.25) is 0 Å². The SMILES string of the molecule is Cc1cccc(C)c1CNCc1nn[nH]n1. The molecule has 0 aliphatic heterocycles. The molecular weight excluding hydrogens is 202 g/mol. The zero-order valence-corrected chi connectivity index (χ0v) is 9.49. The van der Waals surface area contributed by atoms with Crippen LogP contribution in [-0.4, -0.2) is 20.6 Å². The van der Waals surface area contributed by atoms with Crippen LogP contribution in [0.1, 0.15) is 22.5 Å². The van der Waals surface area contributed by atoms with Gasteiger partial charge >= 0.3 is 0 Å². The number of hydrogen-bond acceptors (Lipinski definition) is 4. The van der Waals surface area contributed by atoms with Crippen molar-refractivity contribution in [1.29, 1.82) is 0 Å². The van der Waals surface area contributed by atoms with Crippen LogP contribution in [0, 0.1) is 13.8 Å². The Morgan fingerprint density at radius 2 is 1.94 bits per heavy atom. The third kappa shape index (κ3) is 2.43. The number of nitrogens with one attached hydrogen (secondary N) is 2. The van der Waals surface area contributed by atoms with E-state index in [0.717, 1.165) is 6.54 Å². The Labute approximate surface area is 94.3 Å². The molecule has 0 radical (unpaired) electrons. The lowest BCUT2D eigenvalue weighted by Gasteiger charge is -2.09. The summed E-state index contributed by atoms with van der Waals surface area (Å²) < 4.78 is 0. The Morgan fingerprint density at radius 1 is 1.19 bits per heavy atom. The average Bonchev–Trinajstić information content (AvgIpc) is 2.75. The summed E-state index contributed by atoms with van der Waals surface area (Å²) in [7, 11) is 0. The zero-order chi connectivity index (χ0) is 11.4. The fraction of sp³-hybridized carbons (Fsp3) is 0.364. The van der Waals surface area contributed by atoms with Gasteiger partial charge in [-0.1, -0.05) is 23.4 Å². The smallest absolute Gasteiger partial charge is 0.188 e. The lowest BCUT2D eigenvalue weighted by molar-refractivity contribution is 0.659. The van der Waals surface area contributed by atoms with E-state index in [-0.39, 0.29) is 0 Å². The molecule has 0 aliphatic carbocycles. The van der Waals surface area contributed by atoms with E-state index in [1.54, 1.807) is 0 Å². The van der Waals surface area contributed by atoms with Crippen molar-refractivity contribution in [3.05, 3.63) is 40.7 Å². The van der Waals surface area contributed by atoms with Gasteiger partial charge in [-0.2, -0.15) is 5.21 Å². The number of aryl methyl sites for hydroxylation is 2. The lowest BCUT2D eigenvalue weighted by Crippen LogP contribution is -2.15. The Hall–Kier alpha value is -1.75. The molecule has 0 unspecified atom stereocenters. The third-order valence-electron chi connectivity index (χ3n) is 2.62.